The minimum absolute atomic E-state index is 0.120. The molecule has 1 amide bonds. The molecule has 1 N–H and O–H groups in total. The van der Waals surface area contributed by atoms with E-state index in [0.29, 0.717) is 30.4 Å². The fourth-order valence-corrected chi connectivity index (χ4v) is 5.20. The number of aromatic nitrogens is 5. The summed E-state index contributed by atoms with van der Waals surface area (Å²) in [6.07, 6.45) is 11.6. The van der Waals surface area contributed by atoms with Crippen LogP contribution in [0.2, 0.25) is 5.02 Å². The van der Waals surface area contributed by atoms with Gasteiger partial charge in [-0.05, 0) is 37.1 Å². The van der Waals surface area contributed by atoms with Gasteiger partial charge in [-0.3, -0.25) is 9.48 Å². The lowest BCUT2D eigenvalue weighted by molar-refractivity contribution is -0.171. The molecular weight excluding hydrogens is 546 g/mol. The van der Waals surface area contributed by atoms with Gasteiger partial charge in [0.05, 0.1) is 31.6 Å². The van der Waals surface area contributed by atoms with Gasteiger partial charge in [-0.1, -0.05) is 23.3 Å². The largest absolute Gasteiger partial charge is 0.434 e. The van der Waals surface area contributed by atoms with E-state index in [1.807, 2.05) is 0 Å². The first-order chi connectivity index (χ1) is 19.4. The molecule has 1 saturated heterocycles. The Bertz CT molecular complexity index is 1570. The molecule has 0 atom stereocenters. The molecule has 1 aliphatic heterocycles. The Morgan fingerprint density at radius 1 is 1.25 bits per heavy atom. The van der Waals surface area contributed by atoms with Crippen LogP contribution in [0.4, 0.5) is 14.5 Å². The van der Waals surface area contributed by atoms with Crippen LogP contribution in [0.15, 0.2) is 60.7 Å². The smallest absolute Gasteiger partial charge is 0.387 e. The summed E-state index contributed by atoms with van der Waals surface area (Å²) in [5, 5.41) is 11.9. The minimum atomic E-state index is -3.06. The van der Waals surface area contributed by atoms with Crippen LogP contribution in [-0.4, -0.2) is 55.9 Å². The van der Waals surface area contributed by atoms with Crippen LogP contribution < -0.4 is 10.1 Å². The quantitative estimate of drug-likeness (QED) is 0.299. The first-order valence-corrected chi connectivity index (χ1v) is 13.1. The van der Waals surface area contributed by atoms with Crippen LogP contribution in [0.1, 0.15) is 36.0 Å². The average Bonchev–Trinajstić information content (AvgIpc) is 3.68. The van der Waals surface area contributed by atoms with Crippen LogP contribution in [0.5, 0.6) is 5.75 Å². The summed E-state index contributed by atoms with van der Waals surface area (Å²) in [5.41, 5.74) is 2.58. The van der Waals surface area contributed by atoms with E-state index in [1.165, 1.54) is 34.5 Å². The number of benzene rings is 1. The first-order valence-electron chi connectivity index (χ1n) is 12.8. The van der Waals surface area contributed by atoms with Crippen molar-refractivity contribution in [1.29, 1.82) is 0 Å². The van der Waals surface area contributed by atoms with E-state index in [4.69, 9.17) is 25.8 Å². The maximum atomic E-state index is 13.3. The number of ether oxygens (including phenoxy) is 3. The van der Waals surface area contributed by atoms with Crippen LogP contribution in [0.3, 0.4) is 0 Å². The third-order valence-corrected chi connectivity index (χ3v) is 7.22. The molecule has 6 rings (SSSR count). The summed E-state index contributed by atoms with van der Waals surface area (Å²) in [5.74, 6) is -1.07. The second kappa shape index (κ2) is 11.0. The Labute approximate surface area is 232 Å². The summed E-state index contributed by atoms with van der Waals surface area (Å²) < 4.78 is 45.9. The number of halogens is 3. The zero-order valence-electron chi connectivity index (χ0n) is 21.2. The van der Waals surface area contributed by atoms with E-state index < -0.39 is 18.3 Å². The Morgan fingerprint density at radius 2 is 2.05 bits per heavy atom. The van der Waals surface area contributed by atoms with Gasteiger partial charge in [0.15, 0.2) is 11.4 Å². The molecule has 0 unspecified atom stereocenters. The molecule has 3 aromatic heterocycles. The van der Waals surface area contributed by atoms with E-state index in [2.05, 4.69) is 26.6 Å². The molecule has 2 aliphatic rings. The molecule has 0 bridgehead atoms. The molecule has 1 aliphatic carbocycles. The fraction of sp³-hybridized carbons (Fsp3) is 0.333. The monoisotopic (exact) mass is 570 g/mol. The first kappa shape index (κ1) is 26.4. The molecule has 1 spiro atoms. The Morgan fingerprint density at radius 3 is 2.83 bits per heavy atom. The third kappa shape index (κ3) is 5.42. The van der Waals surface area contributed by atoms with Crippen molar-refractivity contribution < 1.29 is 27.8 Å². The maximum absolute atomic E-state index is 13.3. The fourth-order valence-electron chi connectivity index (χ4n) is 5.03. The van der Waals surface area contributed by atoms with Crippen LogP contribution >= 0.6 is 11.6 Å². The van der Waals surface area contributed by atoms with Crippen molar-refractivity contribution in [1.82, 2.24) is 24.4 Å². The maximum Gasteiger partial charge on any atom is 0.387 e. The predicted octanol–water partition coefficient (Wildman–Crippen LogP) is 5.34. The lowest BCUT2D eigenvalue weighted by Gasteiger charge is -2.32. The van der Waals surface area contributed by atoms with Crippen LogP contribution in [0.25, 0.3) is 16.9 Å². The zero-order valence-corrected chi connectivity index (χ0v) is 22.0. The van der Waals surface area contributed by atoms with E-state index in [1.54, 1.807) is 29.3 Å². The molecule has 1 aromatic carbocycles. The minimum Gasteiger partial charge on any atom is -0.434 e. The number of allylic oxidation sites excluding steroid dienone is 2. The highest BCUT2D eigenvalue weighted by Crippen LogP contribution is 2.39. The summed E-state index contributed by atoms with van der Waals surface area (Å²) in [7, 11) is 0. The normalized spacial score (nSPS) is 16.6. The van der Waals surface area contributed by atoms with Crippen molar-refractivity contribution in [2.45, 2.75) is 44.6 Å². The number of nitrogens with one attached hydrogen (secondary N) is 1. The summed E-state index contributed by atoms with van der Waals surface area (Å²) in [4.78, 5) is 17.5. The summed E-state index contributed by atoms with van der Waals surface area (Å²) >= 11 is 6.21. The Balaban J connectivity index is 1.31. The van der Waals surface area contributed by atoms with Gasteiger partial charge in [0.2, 0.25) is 0 Å². The van der Waals surface area contributed by atoms with Gasteiger partial charge in [0.25, 0.3) is 5.91 Å². The number of amides is 1. The SMILES string of the molecule is O=C(Nc1cn(CC=C2CCC3(CC2)OCCO3)nc1-c1cc(Cl)ccc1OC(F)F)c1cnn2cccnc12. The summed E-state index contributed by atoms with van der Waals surface area (Å²) in [6, 6.07) is 5.96. The lowest BCUT2D eigenvalue weighted by Crippen LogP contribution is -2.33. The molecular formula is C27H25ClF2N6O4. The van der Waals surface area contributed by atoms with Crippen molar-refractivity contribution in [3.05, 3.63) is 71.3 Å². The van der Waals surface area contributed by atoms with Crippen molar-refractivity contribution in [2.24, 2.45) is 0 Å². The Kier molecular flexibility index (Phi) is 7.22. The zero-order chi connectivity index (χ0) is 27.7. The molecule has 2 fully saturated rings. The second-order valence-electron chi connectivity index (χ2n) is 9.50. The van der Waals surface area contributed by atoms with Crippen LogP contribution in [0, 0.1) is 0 Å². The number of hydrogen-bond acceptors (Lipinski definition) is 7. The van der Waals surface area contributed by atoms with E-state index >= 15 is 0 Å². The van der Waals surface area contributed by atoms with Gasteiger partial charge in [-0.15, -0.1) is 0 Å². The molecule has 10 nitrogen and oxygen atoms in total. The highest BCUT2D eigenvalue weighted by Gasteiger charge is 2.38. The lowest BCUT2D eigenvalue weighted by atomic mass is 9.89. The molecule has 0 radical (unpaired) electrons. The van der Waals surface area contributed by atoms with Crippen LogP contribution in [-0.2, 0) is 16.0 Å². The van der Waals surface area contributed by atoms with Gasteiger partial charge in [0, 0.05) is 42.0 Å². The predicted molar refractivity (Wildman–Crippen MR) is 141 cm³/mol. The van der Waals surface area contributed by atoms with Gasteiger partial charge in [0.1, 0.15) is 17.0 Å². The van der Waals surface area contributed by atoms with E-state index in [0.717, 1.165) is 25.7 Å². The van der Waals surface area contributed by atoms with Crippen molar-refractivity contribution in [3.63, 3.8) is 0 Å². The summed E-state index contributed by atoms with van der Waals surface area (Å²) in [6.45, 7) is -1.42. The molecule has 1 saturated carbocycles. The number of carbonyl (C=O) groups is 1. The number of fused-ring (bicyclic) bond motifs is 1. The van der Waals surface area contributed by atoms with Crippen molar-refractivity contribution in [3.8, 4) is 17.0 Å². The Hall–Kier alpha value is -3.87. The molecule has 40 heavy (non-hydrogen) atoms. The van der Waals surface area contributed by atoms with Gasteiger partial charge < -0.3 is 19.5 Å². The number of alkyl halides is 2. The van der Waals surface area contributed by atoms with Crippen molar-refractivity contribution in [2.75, 3.05) is 18.5 Å². The van der Waals surface area contributed by atoms with E-state index in [9.17, 15) is 13.6 Å². The highest BCUT2D eigenvalue weighted by molar-refractivity contribution is 6.31. The van der Waals surface area contributed by atoms with Gasteiger partial charge in [-0.25, -0.2) is 9.50 Å². The topological polar surface area (TPSA) is 105 Å². The number of anilines is 1. The van der Waals surface area contributed by atoms with Gasteiger partial charge >= 0.3 is 6.61 Å². The molecule has 208 valence electrons. The molecule has 4 heterocycles. The number of rotatable bonds is 7. The standard InChI is InChI=1S/C27H25ClF2N6O4/c28-18-2-3-22(40-26(29)30)19(14-18)23-21(33-25(37)20-15-32-36-10-1-9-31-24(20)36)16-35(34-23)11-6-17-4-7-27(8-5-17)38-12-13-39-27/h1-3,6,9-10,14-16,26H,4-5,7-8,11-13H2,(H,33,37). The number of carbonyl (C=O) groups excluding carboxylic acids is 1. The number of hydrogen-bond donors (Lipinski definition) is 1. The highest BCUT2D eigenvalue weighted by atomic mass is 35.5. The molecule has 13 heteroatoms. The third-order valence-electron chi connectivity index (χ3n) is 6.98. The average molecular weight is 571 g/mol. The second-order valence-corrected chi connectivity index (χ2v) is 9.94. The number of nitrogens with zero attached hydrogens (tertiary/aromatic N) is 5. The van der Waals surface area contributed by atoms with Crippen molar-refractivity contribution >= 4 is 28.8 Å². The van der Waals surface area contributed by atoms with Gasteiger partial charge in [-0.2, -0.15) is 19.0 Å². The molecule has 4 aromatic rings. The van der Waals surface area contributed by atoms with E-state index in [-0.39, 0.29) is 28.3 Å².